The molecule has 1 saturated carbocycles. The highest BCUT2D eigenvalue weighted by atomic mass is 16.5. The van der Waals surface area contributed by atoms with Crippen molar-refractivity contribution in [2.45, 2.75) is 31.7 Å². The molecular weight excluding hydrogens is 302 g/mol. The van der Waals surface area contributed by atoms with Crippen molar-refractivity contribution >= 4 is 5.91 Å². The van der Waals surface area contributed by atoms with E-state index in [2.05, 4.69) is 5.10 Å². The van der Waals surface area contributed by atoms with Crippen molar-refractivity contribution in [3.05, 3.63) is 48.3 Å². The van der Waals surface area contributed by atoms with Crippen LogP contribution in [-0.2, 0) is 0 Å². The SMILES string of the molecule is O=C(c1ccccc1OCC1CC1)N1CCC[C@H](n2cccn2)C1. The molecule has 5 heteroatoms. The van der Waals surface area contributed by atoms with Crippen LogP contribution in [0.15, 0.2) is 42.7 Å². The van der Waals surface area contributed by atoms with E-state index < -0.39 is 0 Å². The third-order valence-electron chi connectivity index (χ3n) is 4.87. The Hall–Kier alpha value is -2.30. The highest BCUT2D eigenvalue weighted by Gasteiger charge is 2.28. The topological polar surface area (TPSA) is 47.4 Å². The van der Waals surface area contributed by atoms with Gasteiger partial charge in [-0.05, 0) is 49.8 Å². The smallest absolute Gasteiger partial charge is 0.257 e. The van der Waals surface area contributed by atoms with Gasteiger partial charge in [-0.2, -0.15) is 5.10 Å². The number of para-hydroxylation sites is 1. The minimum absolute atomic E-state index is 0.0678. The summed E-state index contributed by atoms with van der Waals surface area (Å²) in [5.74, 6) is 1.46. The molecule has 1 aliphatic heterocycles. The molecule has 4 rings (SSSR count). The van der Waals surface area contributed by atoms with Gasteiger partial charge >= 0.3 is 0 Å². The van der Waals surface area contributed by atoms with E-state index in [1.54, 1.807) is 6.20 Å². The second-order valence-corrected chi connectivity index (χ2v) is 6.78. The van der Waals surface area contributed by atoms with Crippen molar-refractivity contribution in [2.24, 2.45) is 5.92 Å². The summed E-state index contributed by atoms with van der Waals surface area (Å²) in [5, 5.41) is 4.33. The first-order chi connectivity index (χ1) is 11.8. The lowest BCUT2D eigenvalue weighted by molar-refractivity contribution is 0.0668. The van der Waals surface area contributed by atoms with Crippen LogP contribution in [0.4, 0.5) is 0 Å². The summed E-state index contributed by atoms with van der Waals surface area (Å²) in [4.78, 5) is 15.0. The normalized spacial score (nSPS) is 20.8. The summed E-state index contributed by atoms with van der Waals surface area (Å²) >= 11 is 0. The summed E-state index contributed by atoms with van der Waals surface area (Å²) < 4.78 is 7.87. The van der Waals surface area contributed by atoms with Crippen LogP contribution in [-0.4, -0.2) is 40.3 Å². The molecule has 0 spiro atoms. The molecule has 1 atom stereocenters. The number of rotatable bonds is 5. The van der Waals surface area contributed by atoms with E-state index in [0.29, 0.717) is 18.0 Å². The minimum Gasteiger partial charge on any atom is -0.492 e. The fourth-order valence-electron chi connectivity index (χ4n) is 3.28. The van der Waals surface area contributed by atoms with Gasteiger partial charge in [-0.25, -0.2) is 0 Å². The van der Waals surface area contributed by atoms with Gasteiger partial charge in [-0.15, -0.1) is 0 Å². The van der Waals surface area contributed by atoms with Crippen LogP contribution >= 0.6 is 0 Å². The number of nitrogens with zero attached hydrogens (tertiary/aromatic N) is 3. The lowest BCUT2D eigenvalue weighted by Gasteiger charge is -2.33. The first kappa shape index (κ1) is 15.2. The van der Waals surface area contributed by atoms with E-state index in [1.807, 2.05) is 46.1 Å². The number of carbonyl (C=O) groups excluding carboxylic acids is 1. The fraction of sp³-hybridized carbons (Fsp3) is 0.474. The zero-order valence-corrected chi connectivity index (χ0v) is 13.8. The molecule has 5 nitrogen and oxygen atoms in total. The summed E-state index contributed by atoms with van der Waals surface area (Å²) in [5.41, 5.74) is 0.680. The molecule has 0 bridgehead atoms. The number of hydrogen-bond acceptors (Lipinski definition) is 3. The van der Waals surface area contributed by atoms with Crippen LogP contribution in [0.25, 0.3) is 0 Å². The molecule has 1 saturated heterocycles. The molecule has 126 valence electrons. The van der Waals surface area contributed by atoms with E-state index in [0.717, 1.165) is 31.7 Å². The second-order valence-electron chi connectivity index (χ2n) is 6.78. The van der Waals surface area contributed by atoms with E-state index in [9.17, 15) is 4.79 Å². The van der Waals surface area contributed by atoms with Crippen molar-refractivity contribution < 1.29 is 9.53 Å². The maximum Gasteiger partial charge on any atom is 0.257 e. The number of carbonyl (C=O) groups is 1. The number of benzene rings is 1. The van der Waals surface area contributed by atoms with E-state index >= 15 is 0 Å². The Labute approximate surface area is 142 Å². The molecule has 2 aromatic rings. The number of ether oxygens (including phenoxy) is 1. The number of amides is 1. The Bertz CT molecular complexity index is 694. The summed E-state index contributed by atoms with van der Waals surface area (Å²) in [7, 11) is 0. The number of likely N-dealkylation sites (tertiary alicyclic amines) is 1. The largest absolute Gasteiger partial charge is 0.492 e. The zero-order valence-electron chi connectivity index (χ0n) is 13.8. The minimum atomic E-state index is 0.0678. The summed E-state index contributed by atoms with van der Waals surface area (Å²) in [6.07, 6.45) is 8.32. The first-order valence-corrected chi connectivity index (χ1v) is 8.81. The Morgan fingerprint density at radius 1 is 1.21 bits per heavy atom. The highest BCUT2D eigenvalue weighted by Crippen LogP contribution is 2.31. The second kappa shape index (κ2) is 6.67. The zero-order chi connectivity index (χ0) is 16.4. The lowest BCUT2D eigenvalue weighted by atomic mass is 10.0. The van der Waals surface area contributed by atoms with E-state index in [-0.39, 0.29) is 11.9 Å². The quantitative estimate of drug-likeness (QED) is 0.848. The molecule has 2 aliphatic rings. The Kier molecular flexibility index (Phi) is 4.24. The van der Waals surface area contributed by atoms with Crippen LogP contribution < -0.4 is 4.74 Å². The van der Waals surface area contributed by atoms with Gasteiger partial charge < -0.3 is 9.64 Å². The van der Waals surface area contributed by atoms with Gasteiger partial charge in [0.05, 0.1) is 18.2 Å². The molecule has 0 radical (unpaired) electrons. The Morgan fingerprint density at radius 2 is 2.08 bits per heavy atom. The number of aromatic nitrogens is 2. The fourth-order valence-corrected chi connectivity index (χ4v) is 3.28. The molecule has 24 heavy (non-hydrogen) atoms. The summed E-state index contributed by atoms with van der Waals surface area (Å²) in [6, 6.07) is 9.82. The molecule has 2 fully saturated rings. The molecule has 1 aromatic carbocycles. The van der Waals surface area contributed by atoms with Crippen LogP contribution in [0.2, 0.25) is 0 Å². The van der Waals surface area contributed by atoms with E-state index in [4.69, 9.17) is 4.74 Å². The van der Waals surface area contributed by atoms with E-state index in [1.165, 1.54) is 12.8 Å². The lowest BCUT2D eigenvalue weighted by Crippen LogP contribution is -2.41. The van der Waals surface area contributed by atoms with Gasteiger partial charge in [0.25, 0.3) is 5.91 Å². The average molecular weight is 325 g/mol. The maximum atomic E-state index is 13.0. The number of hydrogen-bond donors (Lipinski definition) is 0. The van der Waals surface area contributed by atoms with Gasteiger partial charge in [0.1, 0.15) is 5.75 Å². The monoisotopic (exact) mass is 325 g/mol. The average Bonchev–Trinajstić information content (AvgIpc) is 3.30. The maximum absolute atomic E-state index is 13.0. The van der Waals surface area contributed by atoms with Gasteiger partial charge in [0.2, 0.25) is 0 Å². The molecular formula is C19H23N3O2. The van der Waals surface area contributed by atoms with Crippen molar-refractivity contribution in [3.8, 4) is 5.75 Å². The van der Waals surface area contributed by atoms with Crippen molar-refractivity contribution in [3.63, 3.8) is 0 Å². The van der Waals surface area contributed by atoms with Gasteiger partial charge in [0, 0.05) is 25.5 Å². The highest BCUT2D eigenvalue weighted by molar-refractivity contribution is 5.97. The van der Waals surface area contributed by atoms with Crippen LogP contribution in [0.3, 0.4) is 0 Å². The standard InChI is InChI=1S/C19H23N3O2/c23-19(17-6-1-2-7-18(17)24-14-15-8-9-15)21-11-3-5-16(13-21)22-12-4-10-20-22/h1-2,4,6-7,10,12,15-16H,3,5,8-9,11,13-14H2/t16-/m0/s1. The molecule has 1 amide bonds. The van der Waals surface area contributed by atoms with Crippen LogP contribution in [0, 0.1) is 5.92 Å². The van der Waals surface area contributed by atoms with Crippen molar-refractivity contribution in [2.75, 3.05) is 19.7 Å². The Balaban J connectivity index is 1.48. The third kappa shape index (κ3) is 3.30. The third-order valence-corrected chi connectivity index (χ3v) is 4.87. The predicted molar refractivity (Wildman–Crippen MR) is 91.1 cm³/mol. The predicted octanol–water partition coefficient (Wildman–Crippen LogP) is 3.15. The molecule has 2 heterocycles. The van der Waals surface area contributed by atoms with Gasteiger partial charge in [0.15, 0.2) is 0 Å². The number of piperidine rings is 1. The van der Waals surface area contributed by atoms with Crippen molar-refractivity contribution in [1.82, 2.24) is 14.7 Å². The summed E-state index contributed by atoms with van der Waals surface area (Å²) in [6.45, 7) is 2.23. The molecule has 1 aromatic heterocycles. The molecule has 0 unspecified atom stereocenters. The Morgan fingerprint density at radius 3 is 2.88 bits per heavy atom. The van der Waals surface area contributed by atoms with Gasteiger partial charge in [-0.3, -0.25) is 9.48 Å². The van der Waals surface area contributed by atoms with Crippen molar-refractivity contribution in [1.29, 1.82) is 0 Å². The first-order valence-electron chi connectivity index (χ1n) is 8.81. The molecule has 0 N–H and O–H groups in total. The van der Waals surface area contributed by atoms with Crippen LogP contribution in [0.1, 0.15) is 42.1 Å². The van der Waals surface area contributed by atoms with Gasteiger partial charge in [-0.1, -0.05) is 12.1 Å². The van der Waals surface area contributed by atoms with Crippen LogP contribution in [0.5, 0.6) is 5.75 Å². The molecule has 1 aliphatic carbocycles.